The van der Waals surface area contributed by atoms with E-state index in [9.17, 15) is 4.79 Å². The molecule has 130 valence electrons. The van der Waals surface area contributed by atoms with Crippen LogP contribution in [0.15, 0.2) is 48.5 Å². The van der Waals surface area contributed by atoms with Crippen LogP contribution in [0.1, 0.15) is 16.1 Å². The Morgan fingerprint density at radius 2 is 1.96 bits per heavy atom. The molecule has 1 amide bonds. The van der Waals surface area contributed by atoms with Gasteiger partial charge in [-0.15, -0.1) is 9.67 Å². The zero-order chi connectivity index (χ0) is 18.3. The van der Waals surface area contributed by atoms with Crippen LogP contribution >= 0.6 is 23.2 Å². The van der Waals surface area contributed by atoms with Crippen molar-refractivity contribution in [1.82, 2.24) is 15.1 Å². The van der Waals surface area contributed by atoms with E-state index in [4.69, 9.17) is 23.2 Å². The number of carbonyl (C=O) groups is 1. The first-order chi connectivity index (χ1) is 12.5. The van der Waals surface area contributed by atoms with Crippen LogP contribution in [-0.2, 0) is 0 Å². The summed E-state index contributed by atoms with van der Waals surface area (Å²) < 4.78 is 1.67. The number of fused-ring (bicyclic) bond motifs is 1. The van der Waals surface area contributed by atoms with Crippen molar-refractivity contribution in [3.8, 4) is 5.95 Å². The van der Waals surface area contributed by atoms with Crippen LogP contribution in [0.3, 0.4) is 0 Å². The van der Waals surface area contributed by atoms with Crippen molar-refractivity contribution in [3.05, 3.63) is 69.8 Å². The van der Waals surface area contributed by atoms with Gasteiger partial charge in [0, 0.05) is 16.8 Å². The van der Waals surface area contributed by atoms with Crippen LogP contribution < -0.4 is 10.00 Å². The predicted octanol–water partition coefficient (Wildman–Crippen LogP) is 4.04. The number of aromatic nitrogens is 4. The number of benzene rings is 2. The number of aryl methyl sites for hydroxylation is 1. The number of H-pyrrole nitrogens is 2. The van der Waals surface area contributed by atoms with Crippen LogP contribution in [0.5, 0.6) is 0 Å². The fraction of sp³-hybridized carbons (Fsp3) is 0.0556. The Bertz CT molecular complexity index is 1100. The number of halogens is 2. The molecule has 0 aliphatic rings. The second kappa shape index (κ2) is 6.48. The molecule has 0 atom stereocenters. The molecule has 2 heterocycles. The number of para-hydroxylation sites is 2. The van der Waals surface area contributed by atoms with Crippen LogP contribution in [0.2, 0.25) is 10.0 Å². The minimum absolute atomic E-state index is 0.300. The predicted molar refractivity (Wildman–Crippen MR) is 101 cm³/mol. The summed E-state index contributed by atoms with van der Waals surface area (Å²) in [5, 5.41) is 6.77. The number of aromatic amines is 2. The Kier molecular flexibility index (Phi) is 4.14. The Morgan fingerprint density at radius 3 is 2.77 bits per heavy atom. The van der Waals surface area contributed by atoms with Crippen molar-refractivity contribution < 1.29 is 9.48 Å². The molecule has 26 heavy (non-hydrogen) atoms. The molecule has 0 fully saturated rings. The van der Waals surface area contributed by atoms with E-state index >= 15 is 0 Å². The summed E-state index contributed by atoms with van der Waals surface area (Å²) in [7, 11) is 0. The lowest BCUT2D eigenvalue weighted by molar-refractivity contribution is -0.648. The number of nitrogens with one attached hydrogen (secondary N) is 3. The van der Waals surface area contributed by atoms with E-state index in [1.165, 1.54) is 6.07 Å². The molecule has 0 aliphatic heterocycles. The highest BCUT2D eigenvalue weighted by molar-refractivity contribution is 6.36. The largest absolute Gasteiger partial charge is 0.374 e. The zero-order valence-corrected chi connectivity index (χ0v) is 15.2. The zero-order valence-electron chi connectivity index (χ0n) is 13.7. The molecule has 4 aromatic rings. The van der Waals surface area contributed by atoms with Crippen molar-refractivity contribution in [2.45, 2.75) is 6.92 Å². The van der Waals surface area contributed by atoms with Crippen LogP contribution in [0, 0.1) is 6.92 Å². The Balaban J connectivity index is 1.72. The molecule has 3 N–H and O–H groups in total. The van der Waals surface area contributed by atoms with Gasteiger partial charge in [0.15, 0.2) is 5.52 Å². The van der Waals surface area contributed by atoms with Crippen LogP contribution in [0.4, 0.5) is 5.82 Å². The maximum atomic E-state index is 12.6. The van der Waals surface area contributed by atoms with Crippen molar-refractivity contribution >= 4 is 46.0 Å². The van der Waals surface area contributed by atoms with E-state index in [0.29, 0.717) is 27.4 Å². The van der Waals surface area contributed by atoms with Crippen LogP contribution in [0.25, 0.3) is 17.0 Å². The molecule has 6 nitrogen and oxygen atoms in total. The third-order valence-electron chi connectivity index (χ3n) is 3.89. The van der Waals surface area contributed by atoms with Crippen molar-refractivity contribution in [2.75, 3.05) is 5.32 Å². The first kappa shape index (κ1) is 16.6. The molecule has 0 unspecified atom stereocenters. The van der Waals surface area contributed by atoms with Crippen molar-refractivity contribution in [1.29, 1.82) is 0 Å². The summed E-state index contributed by atoms with van der Waals surface area (Å²) in [4.78, 5) is 20.4. The SMILES string of the molecule is Cc1cc(NC(=O)c2cc(Cl)ccc2Cl)[n+](-c2nc3ccccc3[nH]2)[nH]1. The lowest BCUT2D eigenvalue weighted by atomic mass is 10.2. The molecule has 0 aliphatic carbocycles. The van der Waals surface area contributed by atoms with Gasteiger partial charge in [0.2, 0.25) is 5.82 Å². The van der Waals surface area contributed by atoms with E-state index in [0.717, 1.165) is 16.7 Å². The average Bonchev–Trinajstić information content (AvgIpc) is 3.19. The number of imidazole rings is 1. The van der Waals surface area contributed by atoms with Crippen molar-refractivity contribution in [3.63, 3.8) is 0 Å². The molecule has 0 radical (unpaired) electrons. The van der Waals surface area contributed by atoms with Gasteiger partial charge in [-0.1, -0.05) is 35.3 Å². The van der Waals surface area contributed by atoms with Gasteiger partial charge in [-0.2, -0.15) is 0 Å². The lowest BCUT2D eigenvalue weighted by Crippen LogP contribution is -2.38. The summed E-state index contributed by atoms with van der Waals surface area (Å²) in [6.07, 6.45) is 0. The minimum Gasteiger partial charge on any atom is -0.258 e. The van der Waals surface area contributed by atoms with E-state index in [-0.39, 0.29) is 5.91 Å². The fourth-order valence-electron chi connectivity index (χ4n) is 2.70. The first-order valence-electron chi connectivity index (χ1n) is 7.84. The monoisotopic (exact) mass is 386 g/mol. The molecule has 4 rings (SSSR count). The van der Waals surface area contributed by atoms with Gasteiger partial charge in [-0.25, -0.2) is 0 Å². The standard InChI is InChI=1S/C18H13Cl2N5O/c1-10-8-16(23-17(26)12-9-11(19)6-7-13(12)20)25(24-10)18-21-14-4-2-3-5-15(14)22-18/h2-9H,1H3,(H2,21,22,23,24,26)/p+1. The smallest absolute Gasteiger partial charge is 0.258 e. The highest BCUT2D eigenvalue weighted by atomic mass is 35.5. The van der Waals surface area contributed by atoms with E-state index in [2.05, 4.69) is 20.4 Å². The summed E-state index contributed by atoms with van der Waals surface area (Å²) in [6.45, 7) is 1.89. The number of anilines is 1. The normalized spacial score (nSPS) is 11.0. The van der Waals surface area contributed by atoms with Gasteiger partial charge in [0.1, 0.15) is 5.52 Å². The highest BCUT2D eigenvalue weighted by Gasteiger charge is 2.21. The summed E-state index contributed by atoms with van der Waals surface area (Å²) in [6, 6.07) is 14.3. The molecule has 0 bridgehead atoms. The topological polar surface area (TPSA) is 77.5 Å². The van der Waals surface area contributed by atoms with Crippen LogP contribution in [-0.4, -0.2) is 21.0 Å². The average molecular weight is 387 g/mol. The van der Waals surface area contributed by atoms with Gasteiger partial charge < -0.3 is 0 Å². The molecule has 0 saturated heterocycles. The Labute approximate surface area is 158 Å². The van der Waals surface area contributed by atoms with Crippen molar-refractivity contribution in [2.24, 2.45) is 0 Å². The second-order valence-corrected chi connectivity index (χ2v) is 6.66. The van der Waals surface area contributed by atoms with Gasteiger partial charge in [-0.3, -0.25) is 20.2 Å². The molecular formula is C18H14Cl2N5O+. The van der Waals surface area contributed by atoms with Gasteiger partial charge in [0.05, 0.1) is 10.6 Å². The number of nitrogens with zero attached hydrogens (tertiary/aromatic N) is 2. The first-order valence-corrected chi connectivity index (χ1v) is 8.60. The number of amides is 1. The molecule has 2 aromatic carbocycles. The van der Waals surface area contributed by atoms with E-state index in [1.54, 1.807) is 16.8 Å². The highest BCUT2D eigenvalue weighted by Crippen LogP contribution is 2.22. The maximum Gasteiger partial charge on any atom is 0.374 e. The lowest BCUT2D eigenvalue weighted by Gasteiger charge is -2.04. The number of carbonyl (C=O) groups excluding carboxylic acids is 1. The van der Waals surface area contributed by atoms with Gasteiger partial charge in [-0.05, 0) is 37.3 Å². The molecule has 0 spiro atoms. The molecular weight excluding hydrogens is 373 g/mol. The van der Waals surface area contributed by atoms with Gasteiger partial charge >= 0.3 is 5.95 Å². The Hall–Kier alpha value is -2.83. The van der Waals surface area contributed by atoms with E-state index in [1.807, 2.05) is 37.3 Å². The third-order valence-corrected chi connectivity index (χ3v) is 4.45. The fourth-order valence-corrected chi connectivity index (χ4v) is 3.07. The molecule has 2 aromatic heterocycles. The van der Waals surface area contributed by atoms with E-state index < -0.39 is 0 Å². The number of rotatable bonds is 3. The minimum atomic E-state index is -0.360. The summed E-state index contributed by atoms with van der Waals surface area (Å²) >= 11 is 12.1. The Morgan fingerprint density at radius 1 is 1.15 bits per heavy atom. The maximum absolute atomic E-state index is 12.6. The number of hydrogen-bond acceptors (Lipinski definition) is 2. The van der Waals surface area contributed by atoms with Gasteiger partial charge in [0.25, 0.3) is 5.91 Å². The third kappa shape index (κ3) is 3.05. The quantitative estimate of drug-likeness (QED) is 0.464. The number of hydrogen-bond donors (Lipinski definition) is 3. The summed E-state index contributed by atoms with van der Waals surface area (Å²) in [5.74, 6) is 0.732. The summed E-state index contributed by atoms with van der Waals surface area (Å²) in [5.41, 5.74) is 2.89. The second-order valence-electron chi connectivity index (χ2n) is 5.82. The molecule has 0 saturated carbocycles. The molecule has 8 heteroatoms.